The van der Waals surface area contributed by atoms with E-state index in [1.807, 2.05) is 13.0 Å². The fraction of sp³-hybridized carbons (Fsp3) is 0.400. The lowest BCUT2D eigenvalue weighted by atomic mass is 10.0. The van der Waals surface area contributed by atoms with Gasteiger partial charge in [-0.25, -0.2) is 0 Å². The highest BCUT2D eigenvalue weighted by Gasteiger charge is 2.14. The van der Waals surface area contributed by atoms with Crippen LogP contribution in [-0.4, -0.2) is 13.2 Å². The Morgan fingerprint density at radius 3 is 2.43 bits per heavy atom. The summed E-state index contributed by atoms with van der Waals surface area (Å²) in [5.41, 5.74) is 6.87. The van der Waals surface area contributed by atoms with Gasteiger partial charge in [0, 0.05) is 7.11 Å². The molecule has 0 radical (unpaired) electrons. The number of halogens is 2. The molecule has 14 heavy (non-hydrogen) atoms. The molecule has 0 saturated heterocycles. The van der Waals surface area contributed by atoms with E-state index in [-0.39, 0.29) is 12.1 Å². The molecule has 0 heterocycles. The van der Waals surface area contributed by atoms with E-state index in [4.69, 9.17) is 33.7 Å². The van der Waals surface area contributed by atoms with Gasteiger partial charge in [0.05, 0.1) is 22.2 Å². The Hall–Kier alpha value is -0.280. The average Bonchev–Trinajstić information content (AvgIpc) is 2.20. The average molecular weight is 234 g/mol. The first-order valence-electron chi connectivity index (χ1n) is 4.29. The van der Waals surface area contributed by atoms with Crippen molar-refractivity contribution in [3.05, 3.63) is 33.8 Å². The van der Waals surface area contributed by atoms with Gasteiger partial charge in [0.1, 0.15) is 0 Å². The molecule has 78 valence electrons. The molecular formula is C10H13Cl2NO. The van der Waals surface area contributed by atoms with Crippen molar-refractivity contribution in [3.63, 3.8) is 0 Å². The van der Waals surface area contributed by atoms with E-state index >= 15 is 0 Å². The summed E-state index contributed by atoms with van der Waals surface area (Å²) < 4.78 is 5.14. The second-order valence-corrected chi connectivity index (χ2v) is 3.95. The van der Waals surface area contributed by atoms with Crippen molar-refractivity contribution in [2.75, 3.05) is 7.11 Å². The molecule has 1 rings (SSSR count). The summed E-state index contributed by atoms with van der Waals surface area (Å²) in [6, 6.07) is 5.18. The second-order valence-electron chi connectivity index (χ2n) is 3.14. The Kier molecular flexibility index (Phi) is 4.20. The third kappa shape index (κ3) is 2.61. The minimum atomic E-state index is -0.185. The fourth-order valence-electron chi connectivity index (χ4n) is 1.14. The van der Waals surface area contributed by atoms with Crippen molar-refractivity contribution < 1.29 is 4.74 Å². The third-order valence-electron chi connectivity index (χ3n) is 2.21. The quantitative estimate of drug-likeness (QED) is 0.872. The molecule has 2 nitrogen and oxygen atoms in total. The van der Waals surface area contributed by atoms with Crippen LogP contribution in [0.4, 0.5) is 0 Å². The van der Waals surface area contributed by atoms with Gasteiger partial charge < -0.3 is 10.5 Å². The van der Waals surface area contributed by atoms with Crippen LogP contribution in [0.15, 0.2) is 18.2 Å². The Bertz CT molecular complexity index is 317. The minimum absolute atomic E-state index is 0.0488. The summed E-state index contributed by atoms with van der Waals surface area (Å²) in [5.74, 6) is 0. The summed E-state index contributed by atoms with van der Waals surface area (Å²) in [5, 5.41) is 1.05. The predicted octanol–water partition coefficient (Wildman–Crippen LogP) is 3.03. The third-order valence-corrected chi connectivity index (χ3v) is 2.95. The molecule has 2 atom stereocenters. The zero-order valence-corrected chi connectivity index (χ0v) is 9.64. The molecule has 1 aromatic carbocycles. The number of methoxy groups -OCH3 is 1. The fourth-order valence-corrected chi connectivity index (χ4v) is 1.44. The van der Waals surface area contributed by atoms with E-state index in [1.165, 1.54) is 0 Å². The van der Waals surface area contributed by atoms with Crippen LogP contribution in [0.5, 0.6) is 0 Å². The van der Waals surface area contributed by atoms with Gasteiger partial charge in [0.25, 0.3) is 0 Å². The maximum absolute atomic E-state index is 5.94. The molecule has 2 N–H and O–H groups in total. The Morgan fingerprint density at radius 1 is 1.29 bits per heavy atom. The maximum Gasteiger partial charge on any atom is 0.0735 e. The molecule has 0 aromatic heterocycles. The Balaban J connectivity index is 2.91. The predicted molar refractivity (Wildman–Crippen MR) is 59.9 cm³/mol. The topological polar surface area (TPSA) is 35.2 Å². The van der Waals surface area contributed by atoms with E-state index in [1.54, 1.807) is 19.2 Å². The zero-order chi connectivity index (χ0) is 10.7. The van der Waals surface area contributed by atoms with Crippen LogP contribution >= 0.6 is 23.2 Å². The lowest BCUT2D eigenvalue weighted by Gasteiger charge is -2.19. The first kappa shape index (κ1) is 11.8. The molecule has 0 bridgehead atoms. The number of hydrogen-bond acceptors (Lipinski definition) is 2. The van der Waals surface area contributed by atoms with E-state index in [0.717, 1.165) is 5.56 Å². The van der Waals surface area contributed by atoms with Crippen LogP contribution in [0.25, 0.3) is 0 Å². The SMILES string of the molecule is CO[C@H](C)[C@@H](N)c1ccc(Cl)c(Cl)c1. The van der Waals surface area contributed by atoms with E-state index < -0.39 is 0 Å². The lowest BCUT2D eigenvalue weighted by Crippen LogP contribution is -2.25. The molecule has 1 aromatic rings. The van der Waals surface area contributed by atoms with Gasteiger partial charge in [-0.1, -0.05) is 29.3 Å². The molecule has 0 saturated carbocycles. The van der Waals surface area contributed by atoms with Gasteiger partial charge >= 0.3 is 0 Å². The molecule has 0 spiro atoms. The molecular weight excluding hydrogens is 221 g/mol. The summed E-state index contributed by atoms with van der Waals surface area (Å²) in [4.78, 5) is 0. The zero-order valence-electron chi connectivity index (χ0n) is 8.13. The van der Waals surface area contributed by atoms with Crippen LogP contribution in [0.3, 0.4) is 0 Å². The standard InChI is InChI=1S/C10H13Cl2NO/c1-6(14-2)10(13)7-3-4-8(11)9(12)5-7/h3-6,10H,13H2,1-2H3/t6-,10-/m1/s1. The summed E-state index contributed by atoms with van der Waals surface area (Å²) in [6.07, 6.45) is -0.0488. The molecule has 0 aliphatic heterocycles. The van der Waals surface area contributed by atoms with Gasteiger partial charge in [-0.05, 0) is 24.6 Å². The van der Waals surface area contributed by atoms with Gasteiger partial charge in [-0.2, -0.15) is 0 Å². The van der Waals surface area contributed by atoms with E-state index in [9.17, 15) is 0 Å². The van der Waals surface area contributed by atoms with Crippen LogP contribution in [0, 0.1) is 0 Å². The highest BCUT2D eigenvalue weighted by molar-refractivity contribution is 6.42. The number of nitrogens with two attached hydrogens (primary N) is 1. The minimum Gasteiger partial charge on any atom is -0.380 e. The van der Waals surface area contributed by atoms with E-state index in [2.05, 4.69) is 0 Å². The van der Waals surface area contributed by atoms with Crippen molar-refractivity contribution in [3.8, 4) is 0 Å². The molecule has 0 unspecified atom stereocenters. The number of hydrogen-bond donors (Lipinski definition) is 1. The van der Waals surface area contributed by atoms with Crippen LogP contribution in [-0.2, 0) is 4.74 Å². The van der Waals surface area contributed by atoms with Crippen molar-refractivity contribution in [2.24, 2.45) is 5.73 Å². The van der Waals surface area contributed by atoms with Crippen molar-refractivity contribution >= 4 is 23.2 Å². The Labute approximate surface area is 94.0 Å². The number of benzene rings is 1. The lowest BCUT2D eigenvalue weighted by molar-refractivity contribution is 0.0957. The van der Waals surface area contributed by atoms with Crippen LogP contribution in [0.2, 0.25) is 10.0 Å². The summed E-state index contributed by atoms with van der Waals surface area (Å²) in [6.45, 7) is 1.91. The molecule has 0 fully saturated rings. The Morgan fingerprint density at radius 2 is 1.93 bits per heavy atom. The largest absolute Gasteiger partial charge is 0.380 e. The van der Waals surface area contributed by atoms with Gasteiger partial charge in [0.2, 0.25) is 0 Å². The second kappa shape index (κ2) is 4.99. The van der Waals surface area contributed by atoms with Gasteiger partial charge in [-0.15, -0.1) is 0 Å². The first-order valence-corrected chi connectivity index (χ1v) is 5.05. The maximum atomic E-state index is 5.94. The van der Waals surface area contributed by atoms with Crippen molar-refractivity contribution in [1.82, 2.24) is 0 Å². The first-order chi connectivity index (χ1) is 6.56. The summed E-state index contributed by atoms with van der Waals surface area (Å²) in [7, 11) is 1.63. The summed E-state index contributed by atoms with van der Waals surface area (Å²) >= 11 is 11.7. The number of rotatable bonds is 3. The van der Waals surface area contributed by atoms with Gasteiger partial charge in [0.15, 0.2) is 0 Å². The highest BCUT2D eigenvalue weighted by atomic mass is 35.5. The molecule has 0 amide bonds. The molecule has 0 aliphatic carbocycles. The van der Waals surface area contributed by atoms with Gasteiger partial charge in [-0.3, -0.25) is 0 Å². The smallest absolute Gasteiger partial charge is 0.0735 e. The van der Waals surface area contributed by atoms with Crippen molar-refractivity contribution in [1.29, 1.82) is 0 Å². The highest BCUT2D eigenvalue weighted by Crippen LogP contribution is 2.26. The van der Waals surface area contributed by atoms with Crippen LogP contribution in [0.1, 0.15) is 18.5 Å². The monoisotopic (exact) mass is 233 g/mol. The van der Waals surface area contributed by atoms with Crippen LogP contribution < -0.4 is 5.73 Å². The molecule has 0 aliphatic rings. The molecule has 4 heteroatoms. The number of ether oxygens (including phenoxy) is 1. The van der Waals surface area contributed by atoms with Crippen molar-refractivity contribution in [2.45, 2.75) is 19.1 Å². The van der Waals surface area contributed by atoms with E-state index in [0.29, 0.717) is 10.0 Å². The normalized spacial score (nSPS) is 15.2.